The van der Waals surface area contributed by atoms with E-state index in [1.807, 2.05) is 12.3 Å². The van der Waals surface area contributed by atoms with Crippen LogP contribution in [0.2, 0.25) is 0 Å². The summed E-state index contributed by atoms with van der Waals surface area (Å²) in [7, 11) is 0. The molecule has 0 bridgehead atoms. The van der Waals surface area contributed by atoms with Gasteiger partial charge in [0.15, 0.2) is 0 Å². The molecule has 4 heteroatoms. The van der Waals surface area contributed by atoms with E-state index in [0.717, 1.165) is 4.34 Å². The van der Waals surface area contributed by atoms with Gasteiger partial charge in [0.2, 0.25) is 0 Å². The molecule has 1 rings (SSSR count). The molecule has 1 heterocycles. The number of hydrogen-bond donors (Lipinski definition) is 0. The SMILES string of the molecule is CC(CC#N)Sc1nccs1. The van der Waals surface area contributed by atoms with E-state index in [-0.39, 0.29) is 0 Å². The van der Waals surface area contributed by atoms with E-state index in [0.29, 0.717) is 11.7 Å². The summed E-state index contributed by atoms with van der Waals surface area (Å²) in [5.41, 5.74) is 0. The van der Waals surface area contributed by atoms with Gasteiger partial charge in [0.05, 0.1) is 6.07 Å². The maximum absolute atomic E-state index is 8.38. The van der Waals surface area contributed by atoms with Crippen molar-refractivity contribution in [2.24, 2.45) is 0 Å². The minimum Gasteiger partial charge on any atom is -0.238 e. The molecule has 0 aliphatic rings. The second-order valence-corrected chi connectivity index (χ2v) is 4.67. The summed E-state index contributed by atoms with van der Waals surface area (Å²) in [6, 6.07) is 2.14. The van der Waals surface area contributed by atoms with Crippen LogP contribution in [-0.4, -0.2) is 10.2 Å². The first-order valence-corrected chi connectivity index (χ1v) is 5.02. The molecule has 1 atom stereocenters. The molecule has 11 heavy (non-hydrogen) atoms. The van der Waals surface area contributed by atoms with E-state index in [1.165, 1.54) is 0 Å². The van der Waals surface area contributed by atoms with Crippen molar-refractivity contribution in [1.82, 2.24) is 4.98 Å². The van der Waals surface area contributed by atoms with Gasteiger partial charge in [0.25, 0.3) is 0 Å². The topological polar surface area (TPSA) is 36.7 Å². The highest BCUT2D eigenvalue weighted by Crippen LogP contribution is 2.26. The lowest BCUT2D eigenvalue weighted by molar-refractivity contribution is 0.987. The summed E-state index contributed by atoms with van der Waals surface area (Å²) in [6.45, 7) is 2.04. The van der Waals surface area contributed by atoms with Crippen LogP contribution in [0.25, 0.3) is 0 Å². The molecular weight excluding hydrogens is 176 g/mol. The maximum Gasteiger partial charge on any atom is 0.150 e. The van der Waals surface area contributed by atoms with Gasteiger partial charge in [-0.1, -0.05) is 18.7 Å². The van der Waals surface area contributed by atoms with Crippen molar-refractivity contribution in [1.29, 1.82) is 5.26 Å². The Labute approximate surface area is 74.3 Å². The maximum atomic E-state index is 8.38. The molecule has 0 spiro atoms. The Morgan fingerprint density at radius 1 is 1.91 bits per heavy atom. The molecule has 0 N–H and O–H groups in total. The summed E-state index contributed by atoms with van der Waals surface area (Å²) in [4.78, 5) is 4.11. The van der Waals surface area contributed by atoms with Gasteiger partial charge in [-0.25, -0.2) is 4.98 Å². The van der Waals surface area contributed by atoms with Gasteiger partial charge in [0.1, 0.15) is 4.34 Å². The fourth-order valence-electron chi connectivity index (χ4n) is 0.611. The molecular formula is C7H8N2S2. The molecule has 0 radical (unpaired) electrons. The van der Waals surface area contributed by atoms with Crippen molar-refractivity contribution < 1.29 is 0 Å². The lowest BCUT2D eigenvalue weighted by Crippen LogP contribution is -1.92. The van der Waals surface area contributed by atoms with E-state index in [9.17, 15) is 0 Å². The Hall–Kier alpha value is -0.530. The van der Waals surface area contributed by atoms with Crippen LogP contribution in [0, 0.1) is 11.3 Å². The van der Waals surface area contributed by atoms with E-state index < -0.39 is 0 Å². The van der Waals surface area contributed by atoms with Crippen molar-refractivity contribution in [2.45, 2.75) is 22.9 Å². The third-order valence-electron chi connectivity index (χ3n) is 1.09. The van der Waals surface area contributed by atoms with Gasteiger partial charge in [-0.05, 0) is 0 Å². The quantitative estimate of drug-likeness (QED) is 0.677. The van der Waals surface area contributed by atoms with Gasteiger partial charge in [-0.2, -0.15) is 5.26 Å². The zero-order valence-corrected chi connectivity index (χ0v) is 7.78. The van der Waals surface area contributed by atoms with E-state index in [2.05, 4.69) is 11.1 Å². The highest BCUT2D eigenvalue weighted by atomic mass is 32.2. The summed E-state index contributed by atoms with van der Waals surface area (Å²) < 4.78 is 1.05. The molecule has 0 saturated heterocycles. The van der Waals surface area contributed by atoms with E-state index in [4.69, 9.17) is 5.26 Å². The molecule has 0 aromatic carbocycles. The standard InChI is InChI=1S/C7H8N2S2/c1-6(2-3-8)11-7-9-4-5-10-7/h4-6H,2H2,1H3. The molecule has 1 aromatic heterocycles. The van der Waals surface area contributed by atoms with Crippen LogP contribution in [0.1, 0.15) is 13.3 Å². The first-order chi connectivity index (χ1) is 5.33. The van der Waals surface area contributed by atoms with Crippen molar-refractivity contribution >= 4 is 23.1 Å². The Kier molecular flexibility index (Phi) is 3.40. The number of aromatic nitrogens is 1. The lowest BCUT2D eigenvalue weighted by Gasteiger charge is -2.01. The number of rotatable bonds is 3. The van der Waals surface area contributed by atoms with Gasteiger partial charge in [-0.3, -0.25) is 0 Å². The van der Waals surface area contributed by atoms with Gasteiger partial charge >= 0.3 is 0 Å². The molecule has 1 aromatic rings. The van der Waals surface area contributed by atoms with Crippen LogP contribution >= 0.6 is 23.1 Å². The minimum absolute atomic E-state index is 0.353. The highest BCUT2D eigenvalue weighted by molar-refractivity contribution is 8.01. The van der Waals surface area contributed by atoms with Crippen LogP contribution in [0.4, 0.5) is 0 Å². The molecule has 1 unspecified atom stereocenters. The smallest absolute Gasteiger partial charge is 0.150 e. The fourth-order valence-corrected chi connectivity index (χ4v) is 2.48. The normalized spacial score (nSPS) is 12.4. The minimum atomic E-state index is 0.353. The van der Waals surface area contributed by atoms with Crippen LogP contribution in [0.3, 0.4) is 0 Å². The summed E-state index contributed by atoms with van der Waals surface area (Å²) in [6.07, 6.45) is 2.37. The molecule has 0 saturated carbocycles. The van der Waals surface area contributed by atoms with Crippen molar-refractivity contribution in [3.63, 3.8) is 0 Å². The van der Waals surface area contributed by atoms with Crippen molar-refractivity contribution in [2.75, 3.05) is 0 Å². The Balaban J connectivity index is 2.38. The number of thiazole rings is 1. The third kappa shape index (κ3) is 2.91. The van der Waals surface area contributed by atoms with E-state index >= 15 is 0 Å². The van der Waals surface area contributed by atoms with Gasteiger partial charge in [-0.15, -0.1) is 11.3 Å². The molecule has 0 aliphatic carbocycles. The van der Waals surface area contributed by atoms with Crippen molar-refractivity contribution in [3.8, 4) is 6.07 Å². The zero-order valence-electron chi connectivity index (χ0n) is 6.15. The van der Waals surface area contributed by atoms with Crippen molar-refractivity contribution in [3.05, 3.63) is 11.6 Å². The summed E-state index contributed by atoms with van der Waals surface area (Å²) in [5, 5.41) is 10.7. The summed E-state index contributed by atoms with van der Waals surface area (Å²) in [5.74, 6) is 0. The molecule has 0 fully saturated rings. The van der Waals surface area contributed by atoms with Crippen LogP contribution in [0.5, 0.6) is 0 Å². The lowest BCUT2D eigenvalue weighted by atomic mass is 10.4. The van der Waals surface area contributed by atoms with E-state index in [1.54, 1.807) is 29.3 Å². The number of hydrogen-bond acceptors (Lipinski definition) is 4. The second kappa shape index (κ2) is 4.37. The molecule has 2 nitrogen and oxygen atoms in total. The predicted molar refractivity (Wildman–Crippen MR) is 47.7 cm³/mol. The number of thioether (sulfide) groups is 1. The Morgan fingerprint density at radius 2 is 2.73 bits per heavy atom. The fraction of sp³-hybridized carbons (Fsp3) is 0.429. The largest absolute Gasteiger partial charge is 0.238 e. The number of nitriles is 1. The Bertz CT molecular complexity index is 237. The number of nitrogens with zero attached hydrogens (tertiary/aromatic N) is 2. The van der Waals surface area contributed by atoms with Gasteiger partial charge in [0, 0.05) is 23.2 Å². The third-order valence-corrected chi connectivity index (χ3v) is 3.11. The van der Waals surface area contributed by atoms with Gasteiger partial charge < -0.3 is 0 Å². The van der Waals surface area contributed by atoms with Crippen LogP contribution in [-0.2, 0) is 0 Å². The van der Waals surface area contributed by atoms with Crippen LogP contribution < -0.4 is 0 Å². The Morgan fingerprint density at radius 3 is 3.27 bits per heavy atom. The van der Waals surface area contributed by atoms with Crippen LogP contribution in [0.15, 0.2) is 15.9 Å². The average Bonchev–Trinajstić information content (AvgIpc) is 2.40. The molecule has 0 aliphatic heterocycles. The molecule has 0 amide bonds. The monoisotopic (exact) mass is 184 g/mol. The first kappa shape index (κ1) is 8.57. The predicted octanol–water partition coefficient (Wildman–Crippen LogP) is 2.54. The first-order valence-electron chi connectivity index (χ1n) is 3.26. The second-order valence-electron chi connectivity index (χ2n) is 2.09. The molecule has 58 valence electrons. The average molecular weight is 184 g/mol. The zero-order chi connectivity index (χ0) is 8.10. The highest BCUT2D eigenvalue weighted by Gasteiger charge is 2.04. The summed E-state index contributed by atoms with van der Waals surface area (Å²) >= 11 is 3.28.